The quantitative estimate of drug-likeness (QED) is 0.490. The number of nitrogens with one attached hydrogen (secondary N) is 1. The number of hydrogen-bond donors (Lipinski definition) is 1. The van der Waals surface area contributed by atoms with Crippen molar-refractivity contribution in [3.63, 3.8) is 0 Å². The summed E-state index contributed by atoms with van der Waals surface area (Å²) < 4.78 is 11.0. The van der Waals surface area contributed by atoms with Crippen molar-refractivity contribution in [3.05, 3.63) is 58.6 Å². The molecule has 0 bridgehead atoms. The Morgan fingerprint density at radius 3 is 2.68 bits per heavy atom. The van der Waals surface area contributed by atoms with Crippen LogP contribution in [-0.2, 0) is 4.79 Å². The van der Waals surface area contributed by atoms with E-state index in [1.807, 2.05) is 12.1 Å². The lowest BCUT2D eigenvalue weighted by Gasteiger charge is -2.43. The molecule has 3 rings (SSSR count). The highest BCUT2D eigenvalue weighted by atomic mass is 35.5. The molecule has 0 fully saturated rings. The van der Waals surface area contributed by atoms with Gasteiger partial charge in [-0.05, 0) is 51.5 Å². The molecule has 0 unspecified atom stereocenters. The molecule has 2 aromatic rings. The number of benzene rings is 2. The van der Waals surface area contributed by atoms with Gasteiger partial charge in [0, 0.05) is 29.4 Å². The van der Waals surface area contributed by atoms with Crippen LogP contribution in [0.3, 0.4) is 0 Å². The van der Waals surface area contributed by atoms with Crippen LogP contribution in [0.1, 0.15) is 38.8 Å². The number of allylic oxidation sites excluding steroid dienone is 1. The zero-order valence-corrected chi connectivity index (χ0v) is 19.3. The molecule has 31 heavy (non-hydrogen) atoms. The second-order valence-electron chi connectivity index (χ2n) is 7.85. The molecule has 1 amide bonds. The first-order valence-corrected chi connectivity index (χ1v) is 10.5. The van der Waals surface area contributed by atoms with Gasteiger partial charge in [-0.15, -0.1) is 0 Å². The monoisotopic (exact) mass is 441 g/mol. The molecule has 0 atom stereocenters. The summed E-state index contributed by atoms with van der Waals surface area (Å²) in [5, 5.41) is 4.53. The van der Waals surface area contributed by atoms with Gasteiger partial charge in [0.1, 0.15) is 11.5 Å². The Kier molecular flexibility index (Phi) is 6.91. The van der Waals surface area contributed by atoms with Crippen molar-refractivity contribution >= 4 is 35.0 Å². The highest BCUT2D eigenvalue weighted by Gasteiger charge is 2.31. The average Bonchev–Trinajstić information content (AvgIpc) is 2.72. The normalized spacial score (nSPS) is 14.8. The third-order valence-electron chi connectivity index (χ3n) is 5.23. The summed E-state index contributed by atoms with van der Waals surface area (Å²) in [6.07, 6.45) is 3.84. The molecule has 1 aliphatic rings. The van der Waals surface area contributed by atoms with Crippen LogP contribution in [0.25, 0.3) is 5.57 Å². The van der Waals surface area contributed by atoms with Crippen molar-refractivity contribution in [2.24, 2.45) is 5.10 Å². The van der Waals surface area contributed by atoms with Crippen molar-refractivity contribution in [1.29, 1.82) is 0 Å². The predicted octanol–water partition coefficient (Wildman–Crippen LogP) is 4.90. The molecule has 6 nitrogen and oxygen atoms in total. The minimum atomic E-state index is -0.386. The first kappa shape index (κ1) is 22.7. The van der Waals surface area contributed by atoms with Crippen LogP contribution in [-0.4, -0.2) is 37.9 Å². The van der Waals surface area contributed by atoms with E-state index in [0.717, 1.165) is 23.4 Å². The van der Waals surface area contributed by atoms with Gasteiger partial charge in [0.15, 0.2) is 6.61 Å². The summed E-state index contributed by atoms with van der Waals surface area (Å²) in [5.41, 5.74) is 6.61. The number of fused-ring (bicyclic) bond motifs is 1. The van der Waals surface area contributed by atoms with Crippen LogP contribution >= 0.6 is 11.6 Å². The van der Waals surface area contributed by atoms with Gasteiger partial charge in [0.05, 0.1) is 23.9 Å². The molecule has 164 valence electrons. The van der Waals surface area contributed by atoms with E-state index in [1.54, 1.807) is 37.6 Å². The van der Waals surface area contributed by atoms with Gasteiger partial charge in [-0.2, -0.15) is 5.10 Å². The standard InChI is InChI=1S/C24H28ClN3O3/c1-6-28-20-12-22(30-5)17(11-18(20)16(2)13-24(28,3)4)14-26-27-23(29)15-31-21-10-8-7-9-19(21)25/h7-14H,6,15H2,1-5H3,(H,27,29)/b26-14+. The number of ether oxygens (including phenoxy) is 2. The third kappa shape index (κ3) is 5.02. The second kappa shape index (κ2) is 9.43. The van der Waals surface area contributed by atoms with E-state index in [2.05, 4.69) is 49.2 Å². The van der Waals surface area contributed by atoms with Crippen LogP contribution in [0.2, 0.25) is 5.02 Å². The van der Waals surface area contributed by atoms with E-state index in [4.69, 9.17) is 21.1 Å². The topological polar surface area (TPSA) is 63.2 Å². The molecule has 1 aliphatic heterocycles. The molecule has 7 heteroatoms. The lowest BCUT2D eigenvalue weighted by Crippen LogP contribution is -2.44. The maximum absolute atomic E-state index is 12.1. The maximum Gasteiger partial charge on any atom is 0.277 e. The van der Waals surface area contributed by atoms with Gasteiger partial charge >= 0.3 is 0 Å². The molecular formula is C24H28ClN3O3. The average molecular weight is 442 g/mol. The SMILES string of the molecule is CCN1c2cc(OC)c(/C=N/NC(=O)COc3ccccc3Cl)cc2C(C)=CC1(C)C. The van der Waals surface area contributed by atoms with Crippen molar-refractivity contribution < 1.29 is 14.3 Å². The molecule has 0 aliphatic carbocycles. The fraction of sp³-hybridized carbons (Fsp3) is 0.333. The number of rotatable bonds is 7. The molecule has 0 spiro atoms. The molecule has 0 radical (unpaired) electrons. The number of carbonyl (C=O) groups is 1. The Morgan fingerprint density at radius 1 is 1.26 bits per heavy atom. The van der Waals surface area contributed by atoms with Crippen LogP contribution in [0.15, 0.2) is 47.6 Å². The van der Waals surface area contributed by atoms with Crippen LogP contribution in [0, 0.1) is 0 Å². The molecular weight excluding hydrogens is 414 g/mol. The minimum absolute atomic E-state index is 0.0813. The zero-order chi connectivity index (χ0) is 22.6. The molecule has 0 aromatic heterocycles. The number of carbonyl (C=O) groups excluding carboxylic acids is 1. The number of methoxy groups -OCH3 is 1. The van der Waals surface area contributed by atoms with Crippen LogP contribution < -0.4 is 19.8 Å². The summed E-state index contributed by atoms with van der Waals surface area (Å²) in [6.45, 7) is 9.33. The van der Waals surface area contributed by atoms with Crippen molar-refractivity contribution in [3.8, 4) is 11.5 Å². The summed E-state index contributed by atoms with van der Waals surface area (Å²) in [6, 6.07) is 11.1. The smallest absolute Gasteiger partial charge is 0.277 e. The number of amides is 1. The Hall–Kier alpha value is -2.99. The van der Waals surface area contributed by atoms with Crippen molar-refractivity contribution in [1.82, 2.24) is 5.43 Å². The molecule has 0 saturated heterocycles. The molecule has 2 aromatic carbocycles. The van der Waals surface area contributed by atoms with Crippen molar-refractivity contribution in [2.45, 2.75) is 33.2 Å². The number of nitrogens with zero attached hydrogens (tertiary/aromatic N) is 2. The Morgan fingerprint density at radius 2 is 2.00 bits per heavy atom. The fourth-order valence-corrected chi connectivity index (χ4v) is 4.08. The van der Waals surface area contributed by atoms with Gasteiger partial charge in [-0.1, -0.05) is 29.8 Å². The largest absolute Gasteiger partial charge is 0.496 e. The van der Waals surface area contributed by atoms with E-state index in [0.29, 0.717) is 16.5 Å². The van der Waals surface area contributed by atoms with E-state index < -0.39 is 0 Å². The second-order valence-corrected chi connectivity index (χ2v) is 8.26. The number of hydrogen-bond acceptors (Lipinski definition) is 5. The lowest BCUT2D eigenvalue weighted by atomic mass is 9.88. The zero-order valence-electron chi connectivity index (χ0n) is 18.5. The molecule has 1 heterocycles. The van der Waals surface area contributed by atoms with E-state index in [1.165, 1.54) is 5.57 Å². The first-order chi connectivity index (χ1) is 14.8. The maximum atomic E-state index is 12.1. The third-order valence-corrected chi connectivity index (χ3v) is 5.55. The number of para-hydroxylation sites is 1. The van der Waals surface area contributed by atoms with Gasteiger partial charge < -0.3 is 14.4 Å². The van der Waals surface area contributed by atoms with E-state index >= 15 is 0 Å². The van der Waals surface area contributed by atoms with E-state index in [-0.39, 0.29) is 18.1 Å². The number of halogens is 1. The highest BCUT2D eigenvalue weighted by Crippen LogP contribution is 2.41. The minimum Gasteiger partial charge on any atom is -0.496 e. The van der Waals surface area contributed by atoms with Crippen LogP contribution in [0.4, 0.5) is 5.69 Å². The van der Waals surface area contributed by atoms with Gasteiger partial charge in [-0.3, -0.25) is 4.79 Å². The van der Waals surface area contributed by atoms with Gasteiger partial charge in [0.25, 0.3) is 5.91 Å². The van der Waals surface area contributed by atoms with Gasteiger partial charge in [-0.25, -0.2) is 5.43 Å². The highest BCUT2D eigenvalue weighted by molar-refractivity contribution is 6.32. The van der Waals surface area contributed by atoms with Gasteiger partial charge in [0.2, 0.25) is 0 Å². The fourth-order valence-electron chi connectivity index (χ4n) is 3.89. The van der Waals surface area contributed by atoms with Crippen LogP contribution in [0.5, 0.6) is 11.5 Å². The van der Waals surface area contributed by atoms with Crippen molar-refractivity contribution in [2.75, 3.05) is 25.2 Å². The number of likely N-dealkylation sites (N-methyl/N-ethyl adjacent to an activating group) is 1. The Balaban J connectivity index is 1.74. The lowest BCUT2D eigenvalue weighted by molar-refractivity contribution is -0.123. The molecule has 0 saturated carbocycles. The molecule has 1 N–H and O–H groups in total. The van der Waals surface area contributed by atoms with E-state index in [9.17, 15) is 4.79 Å². The summed E-state index contributed by atoms with van der Waals surface area (Å²) in [5.74, 6) is 0.751. The summed E-state index contributed by atoms with van der Waals surface area (Å²) >= 11 is 6.03. The Bertz CT molecular complexity index is 1030. The summed E-state index contributed by atoms with van der Waals surface area (Å²) in [7, 11) is 1.63. The number of hydrazone groups is 1. The Labute approximate surface area is 188 Å². The first-order valence-electron chi connectivity index (χ1n) is 10.2. The predicted molar refractivity (Wildman–Crippen MR) is 126 cm³/mol. The summed E-state index contributed by atoms with van der Waals surface area (Å²) in [4.78, 5) is 14.4. The number of anilines is 1.